The fourth-order valence-electron chi connectivity index (χ4n) is 4.15. The predicted octanol–water partition coefficient (Wildman–Crippen LogP) is 3.14. The van der Waals surface area contributed by atoms with Crippen molar-refractivity contribution in [1.82, 2.24) is 20.4 Å². The van der Waals surface area contributed by atoms with Gasteiger partial charge in [0.25, 0.3) is 5.91 Å². The molecule has 1 aliphatic carbocycles. The smallest absolute Gasteiger partial charge is 0.271 e. The van der Waals surface area contributed by atoms with E-state index in [4.69, 9.17) is 0 Å². The molecule has 1 unspecified atom stereocenters. The number of aromatic nitrogens is 2. The first-order valence-electron chi connectivity index (χ1n) is 9.60. The van der Waals surface area contributed by atoms with Crippen LogP contribution in [0.2, 0.25) is 0 Å². The minimum absolute atomic E-state index is 0.0404. The average Bonchev–Trinajstić information content (AvgIpc) is 3.11. The van der Waals surface area contributed by atoms with Crippen LogP contribution in [0.3, 0.4) is 0 Å². The van der Waals surface area contributed by atoms with Crippen molar-refractivity contribution in [2.45, 2.75) is 64.8 Å². The Morgan fingerprint density at radius 3 is 2.79 bits per heavy atom. The number of rotatable bonds is 5. The van der Waals surface area contributed by atoms with E-state index in [-0.39, 0.29) is 11.3 Å². The van der Waals surface area contributed by atoms with Crippen LogP contribution in [0.4, 0.5) is 0 Å². The molecule has 134 valence electrons. The molecule has 1 aromatic heterocycles. The molecule has 1 amide bonds. The predicted molar refractivity (Wildman–Crippen MR) is 96.1 cm³/mol. The zero-order chi connectivity index (χ0) is 17.0. The number of nitrogens with zero attached hydrogens (tertiary/aromatic N) is 2. The summed E-state index contributed by atoms with van der Waals surface area (Å²) in [6, 6.07) is 2.22. The Labute approximate surface area is 145 Å². The van der Waals surface area contributed by atoms with Crippen LogP contribution in [0.5, 0.6) is 0 Å². The Morgan fingerprint density at radius 2 is 2.08 bits per heavy atom. The van der Waals surface area contributed by atoms with Crippen molar-refractivity contribution in [3.63, 3.8) is 0 Å². The van der Waals surface area contributed by atoms with Crippen LogP contribution in [0.25, 0.3) is 0 Å². The van der Waals surface area contributed by atoms with Crippen LogP contribution in [0, 0.1) is 11.3 Å². The molecule has 0 bridgehead atoms. The van der Waals surface area contributed by atoms with E-state index in [9.17, 15) is 4.79 Å². The highest BCUT2D eigenvalue weighted by Crippen LogP contribution is 2.37. The summed E-state index contributed by atoms with van der Waals surface area (Å²) >= 11 is 0. The minimum Gasteiger partial charge on any atom is -0.350 e. The second-order valence-electron chi connectivity index (χ2n) is 8.19. The van der Waals surface area contributed by atoms with Gasteiger partial charge < -0.3 is 10.6 Å². The van der Waals surface area contributed by atoms with E-state index in [1.165, 1.54) is 38.5 Å². The lowest BCUT2D eigenvalue weighted by atomic mass is 9.71. The molecule has 0 radical (unpaired) electrons. The lowest BCUT2D eigenvalue weighted by molar-refractivity contribution is 0.0893. The molecule has 1 aliphatic heterocycles. The van der Waals surface area contributed by atoms with Gasteiger partial charge in [-0.25, -0.2) is 0 Å². The molecule has 0 aromatic carbocycles. The summed E-state index contributed by atoms with van der Waals surface area (Å²) in [5, 5.41) is 11.0. The van der Waals surface area contributed by atoms with Crippen LogP contribution in [0.15, 0.2) is 12.3 Å². The summed E-state index contributed by atoms with van der Waals surface area (Å²) in [5.41, 5.74) is 0.700. The van der Waals surface area contributed by atoms with Gasteiger partial charge in [0.1, 0.15) is 5.69 Å². The van der Waals surface area contributed by atoms with Crippen molar-refractivity contribution in [2.24, 2.45) is 11.3 Å². The van der Waals surface area contributed by atoms with Gasteiger partial charge in [-0.3, -0.25) is 9.48 Å². The van der Waals surface area contributed by atoms with Gasteiger partial charge in [-0.05, 0) is 49.6 Å². The second kappa shape index (κ2) is 7.68. The highest BCUT2D eigenvalue weighted by molar-refractivity contribution is 5.92. The summed E-state index contributed by atoms with van der Waals surface area (Å²) in [6.07, 6.45) is 10.9. The van der Waals surface area contributed by atoms with Gasteiger partial charge in [-0.1, -0.05) is 33.1 Å². The standard InChI is InChI=1S/C19H32N4O/c1-19(2,15-7-4-3-5-8-15)14-21-18(24)17-10-12-23(22-17)16-9-6-11-20-13-16/h10,12,15-16,20H,3-9,11,13-14H2,1-2H3,(H,21,24). The molecule has 2 heterocycles. The van der Waals surface area contributed by atoms with Crippen molar-refractivity contribution >= 4 is 5.91 Å². The maximum atomic E-state index is 12.5. The van der Waals surface area contributed by atoms with E-state index in [0.717, 1.165) is 32.0 Å². The fourth-order valence-corrected chi connectivity index (χ4v) is 4.15. The van der Waals surface area contributed by atoms with Crippen molar-refractivity contribution < 1.29 is 4.79 Å². The first-order valence-corrected chi connectivity index (χ1v) is 9.60. The van der Waals surface area contributed by atoms with Crippen LogP contribution >= 0.6 is 0 Å². The van der Waals surface area contributed by atoms with Gasteiger partial charge in [0, 0.05) is 19.3 Å². The van der Waals surface area contributed by atoms with E-state index in [0.29, 0.717) is 11.7 Å². The maximum absolute atomic E-state index is 12.5. The lowest BCUT2D eigenvalue weighted by Crippen LogP contribution is -2.39. The van der Waals surface area contributed by atoms with Gasteiger partial charge in [0.05, 0.1) is 6.04 Å². The highest BCUT2D eigenvalue weighted by Gasteiger charge is 2.31. The third-order valence-electron chi connectivity index (χ3n) is 5.90. The average molecular weight is 332 g/mol. The van der Waals surface area contributed by atoms with Gasteiger partial charge in [0.15, 0.2) is 0 Å². The molecule has 2 aliphatic rings. The third kappa shape index (κ3) is 4.18. The third-order valence-corrected chi connectivity index (χ3v) is 5.90. The highest BCUT2D eigenvalue weighted by atomic mass is 16.1. The molecule has 5 nitrogen and oxygen atoms in total. The van der Waals surface area contributed by atoms with Crippen LogP contribution < -0.4 is 10.6 Å². The van der Waals surface area contributed by atoms with Crippen molar-refractivity contribution in [3.8, 4) is 0 Å². The Bertz CT molecular complexity index is 539. The van der Waals surface area contributed by atoms with Crippen molar-refractivity contribution in [1.29, 1.82) is 0 Å². The molecular weight excluding hydrogens is 300 g/mol. The molecule has 0 spiro atoms. The molecule has 1 atom stereocenters. The molecule has 3 rings (SSSR count). The van der Waals surface area contributed by atoms with Gasteiger partial charge in [-0.2, -0.15) is 5.10 Å². The Balaban J connectivity index is 1.53. The number of piperidine rings is 1. The topological polar surface area (TPSA) is 59.0 Å². The Morgan fingerprint density at radius 1 is 1.29 bits per heavy atom. The number of carbonyl (C=O) groups excluding carboxylic acids is 1. The molecule has 1 saturated heterocycles. The van der Waals surface area contributed by atoms with E-state index in [1.807, 2.05) is 16.9 Å². The fraction of sp³-hybridized carbons (Fsp3) is 0.789. The maximum Gasteiger partial charge on any atom is 0.271 e. The van der Waals surface area contributed by atoms with Gasteiger partial charge in [-0.15, -0.1) is 0 Å². The lowest BCUT2D eigenvalue weighted by Gasteiger charge is -2.37. The summed E-state index contributed by atoms with van der Waals surface area (Å²) < 4.78 is 1.95. The van der Waals surface area contributed by atoms with E-state index < -0.39 is 0 Å². The van der Waals surface area contributed by atoms with Gasteiger partial charge in [0.2, 0.25) is 0 Å². The van der Waals surface area contributed by atoms with E-state index >= 15 is 0 Å². The molecule has 1 aromatic rings. The van der Waals surface area contributed by atoms with Crippen LogP contribution in [-0.4, -0.2) is 35.3 Å². The van der Waals surface area contributed by atoms with Crippen LogP contribution in [-0.2, 0) is 0 Å². The first-order chi connectivity index (χ1) is 11.6. The zero-order valence-corrected chi connectivity index (χ0v) is 15.2. The number of hydrogen-bond acceptors (Lipinski definition) is 3. The molecular formula is C19H32N4O. The summed E-state index contributed by atoms with van der Waals surface area (Å²) in [6.45, 7) is 7.33. The number of hydrogen-bond donors (Lipinski definition) is 2. The normalized spacial score (nSPS) is 23.2. The number of amides is 1. The van der Waals surface area contributed by atoms with Crippen molar-refractivity contribution in [3.05, 3.63) is 18.0 Å². The van der Waals surface area contributed by atoms with Crippen LogP contribution in [0.1, 0.15) is 75.3 Å². The Kier molecular flexibility index (Phi) is 5.59. The summed E-state index contributed by atoms with van der Waals surface area (Å²) in [5.74, 6) is 0.679. The summed E-state index contributed by atoms with van der Waals surface area (Å²) in [4.78, 5) is 12.5. The quantitative estimate of drug-likeness (QED) is 0.871. The largest absolute Gasteiger partial charge is 0.350 e. The van der Waals surface area contributed by atoms with E-state index in [2.05, 4.69) is 29.6 Å². The zero-order valence-electron chi connectivity index (χ0n) is 15.2. The molecule has 1 saturated carbocycles. The Hall–Kier alpha value is -1.36. The second-order valence-corrected chi connectivity index (χ2v) is 8.19. The molecule has 2 N–H and O–H groups in total. The summed E-state index contributed by atoms with van der Waals surface area (Å²) in [7, 11) is 0. The first kappa shape index (κ1) is 17.5. The van der Waals surface area contributed by atoms with Gasteiger partial charge >= 0.3 is 0 Å². The number of carbonyl (C=O) groups is 1. The number of nitrogens with one attached hydrogen (secondary N) is 2. The monoisotopic (exact) mass is 332 g/mol. The van der Waals surface area contributed by atoms with Crippen molar-refractivity contribution in [2.75, 3.05) is 19.6 Å². The van der Waals surface area contributed by atoms with E-state index in [1.54, 1.807) is 0 Å². The molecule has 5 heteroatoms. The minimum atomic E-state index is -0.0404. The molecule has 2 fully saturated rings. The SMILES string of the molecule is CC(C)(CNC(=O)c1ccn(C2CCCNC2)n1)C1CCCCC1. The molecule has 24 heavy (non-hydrogen) atoms.